The van der Waals surface area contributed by atoms with Crippen LogP contribution in [0.25, 0.3) is 0 Å². The van der Waals surface area contributed by atoms with E-state index in [1.807, 2.05) is 0 Å². The van der Waals surface area contributed by atoms with E-state index >= 15 is 0 Å². The first kappa shape index (κ1) is 9.68. The predicted octanol–water partition coefficient (Wildman–Crippen LogP) is 0.279. The van der Waals surface area contributed by atoms with Crippen LogP contribution in [0.4, 0.5) is 0 Å². The average molecular weight is 158 g/mol. The number of hydrogen-bond acceptors (Lipinski definition) is 4. The van der Waals surface area contributed by atoms with E-state index in [-0.39, 0.29) is 18.1 Å². The van der Waals surface area contributed by atoms with E-state index in [1.165, 1.54) is 14.0 Å². The molecule has 4 heteroatoms. The molecule has 0 aromatic rings. The molecule has 0 aromatic heterocycles. The third kappa shape index (κ3) is 4.13. The second-order valence-corrected chi connectivity index (χ2v) is 1.91. The normalized spacial score (nSPS) is 8.55. The van der Waals surface area contributed by atoms with Gasteiger partial charge in [0.05, 0.1) is 7.11 Å². The molecule has 0 fully saturated rings. The van der Waals surface area contributed by atoms with Crippen LogP contribution in [0.3, 0.4) is 0 Å². The third-order valence-corrected chi connectivity index (χ3v) is 0.863. The van der Waals surface area contributed by atoms with E-state index < -0.39 is 5.97 Å². The largest absolute Gasteiger partial charge is 0.479 e. The smallest absolute Gasteiger partial charge is 0.372 e. The van der Waals surface area contributed by atoms with Gasteiger partial charge in [0.1, 0.15) is 6.61 Å². The lowest BCUT2D eigenvalue weighted by molar-refractivity contribution is -0.140. The van der Waals surface area contributed by atoms with Crippen LogP contribution >= 0.6 is 0 Å². The molecule has 4 nitrogen and oxygen atoms in total. The molecule has 62 valence electrons. The summed E-state index contributed by atoms with van der Waals surface area (Å²) in [5, 5.41) is 0. The van der Waals surface area contributed by atoms with E-state index in [0.717, 1.165) is 0 Å². The van der Waals surface area contributed by atoms with Crippen molar-refractivity contribution < 1.29 is 19.1 Å². The Morgan fingerprint density at radius 1 is 1.45 bits per heavy atom. The minimum atomic E-state index is -0.661. The molecule has 0 radical (unpaired) electrons. The molecule has 0 aliphatic carbocycles. The summed E-state index contributed by atoms with van der Waals surface area (Å²) in [5.41, 5.74) is 0. The monoisotopic (exact) mass is 158 g/mol. The second-order valence-electron chi connectivity index (χ2n) is 1.91. The van der Waals surface area contributed by atoms with Gasteiger partial charge >= 0.3 is 5.97 Å². The molecule has 0 saturated heterocycles. The van der Waals surface area contributed by atoms with Crippen LogP contribution in [0.1, 0.15) is 6.92 Å². The van der Waals surface area contributed by atoms with E-state index in [4.69, 9.17) is 0 Å². The van der Waals surface area contributed by atoms with Crippen LogP contribution in [0, 0.1) is 0 Å². The Bertz CT molecular complexity index is 183. The van der Waals surface area contributed by atoms with E-state index in [9.17, 15) is 9.59 Å². The van der Waals surface area contributed by atoms with Gasteiger partial charge in [0.25, 0.3) is 0 Å². The molecule has 0 aliphatic rings. The highest BCUT2D eigenvalue weighted by Crippen LogP contribution is 1.95. The highest BCUT2D eigenvalue weighted by molar-refractivity contribution is 5.86. The van der Waals surface area contributed by atoms with Crippen LogP contribution in [-0.4, -0.2) is 25.5 Å². The molecule has 0 bridgehead atoms. The van der Waals surface area contributed by atoms with Gasteiger partial charge in [0.15, 0.2) is 11.5 Å². The number of carbonyl (C=O) groups is 2. The molecular formula is C7H10O4. The van der Waals surface area contributed by atoms with Crippen molar-refractivity contribution in [3.05, 3.63) is 12.3 Å². The number of ketones is 1. The molecule has 0 saturated carbocycles. The van der Waals surface area contributed by atoms with Crippen molar-refractivity contribution >= 4 is 11.8 Å². The Balaban J connectivity index is 3.70. The van der Waals surface area contributed by atoms with Crippen LogP contribution in [0.15, 0.2) is 12.3 Å². The summed E-state index contributed by atoms with van der Waals surface area (Å²) in [6, 6.07) is 0. The van der Waals surface area contributed by atoms with Crippen LogP contribution in [-0.2, 0) is 19.1 Å². The van der Waals surface area contributed by atoms with Crippen molar-refractivity contribution in [3.63, 3.8) is 0 Å². The summed E-state index contributed by atoms with van der Waals surface area (Å²) >= 11 is 0. The maximum Gasteiger partial charge on any atom is 0.372 e. The third-order valence-electron chi connectivity index (χ3n) is 0.863. The molecule has 0 aliphatic heterocycles. The lowest BCUT2D eigenvalue weighted by atomic mass is 10.5. The molecule has 0 heterocycles. The summed E-state index contributed by atoms with van der Waals surface area (Å²) in [4.78, 5) is 20.9. The van der Waals surface area contributed by atoms with Crippen molar-refractivity contribution in [3.8, 4) is 0 Å². The highest BCUT2D eigenvalue weighted by atomic mass is 16.6. The Kier molecular flexibility index (Phi) is 3.95. The lowest BCUT2D eigenvalue weighted by Crippen LogP contribution is -2.11. The molecule has 0 N–H and O–H groups in total. The van der Waals surface area contributed by atoms with Gasteiger partial charge in [-0.25, -0.2) is 4.79 Å². The summed E-state index contributed by atoms with van der Waals surface area (Å²) in [6.45, 7) is 4.46. The molecule has 0 aromatic carbocycles. The van der Waals surface area contributed by atoms with Crippen LogP contribution < -0.4 is 0 Å². The molecule has 0 atom stereocenters. The van der Waals surface area contributed by atoms with Crippen molar-refractivity contribution in [2.45, 2.75) is 6.92 Å². The molecule has 11 heavy (non-hydrogen) atoms. The number of ether oxygens (including phenoxy) is 2. The zero-order valence-electron chi connectivity index (χ0n) is 6.55. The number of esters is 1. The second kappa shape index (κ2) is 4.49. The molecular weight excluding hydrogens is 148 g/mol. The van der Waals surface area contributed by atoms with Crippen LogP contribution in [0.5, 0.6) is 0 Å². The van der Waals surface area contributed by atoms with Gasteiger partial charge in [-0.05, 0) is 13.5 Å². The first-order chi connectivity index (χ1) is 5.07. The zero-order valence-corrected chi connectivity index (χ0v) is 6.55. The molecule has 0 spiro atoms. The predicted molar refractivity (Wildman–Crippen MR) is 37.8 cm³/mol. The highest BCUT2D eigenvalue weighted by Gasteiger charge is 2.07. The summed E-state index contributed by atoms with van der Waals surface area (Å²) in [5.74, 6) is -0.982. The zero-order chi connectivity index (χ0) is 8.85. The van der Waals surface area contributed by atoms with Crippen molar-refractivity contribution in [1.29, 1.82) is 0 Å². The van der Waals surface area contributed by atoms with E-state index in [2.05, 4.69) is 16.1 Å². The number of Topliss-reactive ketones (excluding diaryl/α,β-unsaturated/α-hetero) is 1. The minimum absolute atomic E-state index is 0.145. The molecule has 0 amide bonds. The molecule has 0 rings (SSSR count). The topological polar surface area (TPSA) is 52.6 Å². The van der Waals surface area contributed by atoms with Crippen molar-refractivity contribution in [2.75, 3.05) is 13.7 Å². The first-order valence-electron chi connectivity index (χ1n) is 2.97. The van der Waals surface area contributed by atoms with Gasteiger partial charge in [0, 0.05) is 0 Å². The minimum Gasteiger partial charge on any atom is -0.479 e. The number of carbonyl (C=O) groups excluding carboxylic acids is 2. The van der Waals surface area contributed by atoms with Gasteiger partial charge in [-0.1, -0.05) is 0 Å². The van der Waals surface area contributed by atoms with Crippen molar-refractivity contribution in [1.82, 2.24) is 0 Å². The Hall–Kier alpha value is -1.32. The standard InChI is InChI=1S/C7H10O4/c1-5(8)4-11-6(2)7(9)10-3/h2,4H2,1,3H3. The quantitative estimate of drug-likeness (QED) is 0.335. The summed E-state index contributed by atoms with van der Waals surface area (Å²) < 4.78 is 8.91. The average Bonchev–Trinajstić information content (AvgIpc) is 1.98. The maximum atomic E-state index is 10.6. The fourth-order valence-corrected chi connectivity index (χ4v) is 0.362. The van der Waals surface area contributed by atoms with Gasteiger partial charge in [-0.3, -0.25) is 4.79 Å². The Labute approximate surface area is 64.8 Å². The number of rotatable bonds is 4. The fraction of sp³-hybridized carbons (Fsp3) is 0.429. The Morgan fingerprint density at radius 2 is 2.00 bits per heavy atom. The number of methoxy groups -OCH3 is 1. The number of hydrogen-bond donors (Lipinski definition) is 0. The summed E-state index contributed by atoms with van der Waals surface area (Å²) in [7, 11) is 1.21. The van der Waals surface area contributed by atoms with Gasteiger partial charge < -0.3 is 9.47 Å². The Morgan fingerprint density at radius 3 is 2.36 bits per heavy atom. The van der Waals surface area contributed by atoms with Crippen molar-refractivity contribution in [2.24, 2.45) is 0 Å². The van der Waals surface area contributed by atoms with Gasteiger partial charge in [0.2, 0.25) is 0 Å². The van der Waals surface area contributed by atoms with Gasteiger partial charge in [-0.15, -0.1) is 0 Å². The van der Waals surface area contributed by atoms with E-state index in [1.54, 1.807) is 0 Å². The maximum absolute atomic E-state index is 10.6. The van der Waals surface area contributed by atoms with Crippen LogP contribution in [0.2, 0.25) is 0 Å². The lowest BCUT2D eigenvalue weighted by Gasteiger charge is -2.03. The summed E-state index contributed by atoms with van der Waals surface area (Å²) in [6.07, 6.45) is 0. The van der Waals surface area contributed by atoms with E-state index in [0.29, 0.717) is 0 Å². The first-order valence-corrected chi connectivity index (χ1v) is 2.97. The van der Waals surface area contributed by atoms with Gasteiger partial charge in [-0.2, -0.15) is 0 Å². The molecule has 0 unspecified atom stereocenters. The SMILES string of the molecule is C=C(OCC(C)=O)C(=O)OC. The fourth-order valence-electron chi connectivity index (χ4n) is 0.362.